The Balaban J connectivity index is 0.00000242. The topological polar surface area (TPSA) is 77.2 Å². The molecule has 0 fully saturated rings. The molecular weight excluding hydrogens is 322 g/mol. The zero-order valence-corrected chi connectivity index (χ0v) is 14.4. The maximum absolute atomic E-state index is 11.8. The van der Waals surface area contributed by atoms with Crippen molar-refractivity contribution in [2.75, 3.05) is 19.0 Å². The van der Waals surface area contributed by atoms with E-state index in [2.05, 4.69) is 36.3 Å². The average Bonchev–Trinajstić information content (AvgIpc) is 2.87. The lowest BCUT2D eigenvalue weighted by Gasteiger charge is -2.09. The van der Waals surface area contributed by atoms with Crippen molar-refractivity contribution in [3.05, 3.63) is 34.7 Å². The molecule has 1 aromatic heterocycles. The highest BCUT2D eigenvalue weighted by Gasteiger charge is 2.15. The lowest BCUT2D eigenvalue weighted by molar-refractivity contribution is -0.118. The van der Waals surface area contributed by atoms with E-state index in [4.69, 9.17) is 10.5 Å². The Morgan fingerprint density at radius 3 is 2.82 bits per heavy atom. The number of amides is 1. The fourth-order valence-corrected chi connectivity index (χ4v) is 2.72. The van der Waals surface area contributed by atoms with Gasteiger partial charge in [0.15, 0.2) is 5.13 Å². The Kier molecular flexibility index (Phi) is 6.96. The van der Waals surface area contributed by atoms with Crippen molar-refractivity contribution in [3.8, 4) is 11.3 Å². The van der Waals surface area contributed by atoms with Crippen LogP contribution in [0.5, 0.6) is 0 Å². The molecule has 1 unspecified atom stereocenters. The first kappa shape index (κ1) is 18.6. The summed E-state index contributed by atoms with van der Waals surface area (Å²) in [5.41, 5.74) is 9.97. The van der Waals surface area contributed by atoms with Gasteiger partial charge in [0.25, 0.3) is 0 Å². The lowest BCUT2D eigenvalue weighted by Crippen LogP contribution is -2.39. The van der Waals surface area contributed by atoms with E-state index in [1.807, 2.05) is 11.4 Å². The third kappa shape index (κ3) is 4.51. The molecule has 0 aliphatic rings. The van der Waals surface area contributed by atoms with E-state index < -0.39 is 6.04 Å². The number of aryl methyl sites for hydroxylation is 2. The van der Waals surface area contributed by atoms with Crippen molar-refractivity contribution < 1.29 is 9.53 Å². The number of nitrogens with one attached hydrogen (secondary N) is 1. The molecule has 22 heavy (non-hydrogen) atoms. The first-order valence-electron chi connectivity index (χ1n) is 6.60. The number of anilines is 1. The number of carbonyl (C=O) groups excluding carboxylic acids is 1. The van der Waals surface area contributed by atoms with Crippen molar-refractivity contribution in [2.45, 2.75) is 19.9 Å². The monoisotopic (exact) mass is 341 g/mol. The highest BCUT2D eigenvalue weighted by atomic mass is 35.5. The molecule has 0 aliphatic carbocycles. The molecule has 2 rings (SSSR count). The number of nitrogens with zero attached hydrogens (tertiary/aromatic N) is 1. The van der Waals surface area contributed by atoms with Crippen LogP contribution in [0.1, 0.15) is 11.1 Å². The number of methoxy groups -OCH3 is 1. The number of aromatic nitrogens is 1. The van der Waals surface area contributed by atoms with Gasteiger partial charge in [0, 0.05) is 18.1 Å². The number of nitrogens with two attached hydrogens (primary N) is 1. The molecule has 1 aromatic carbocycles. The van der Waals surface area contributed by atoms with Crippen LogP contribution in [0.15, 0.2) is 23.6 Å². The SMILES string of the molecule is COCC(N)C(=O)Nc1nc(-c2ccc(C)cc2C)cs1.Cl. The third-order valence-electron chi connectivity index (χ3n) is 3.08. The van der Waals surface area contributed by atoms with E-state index in [1.165, 1.54) is 24.0 Å². The number of rotatable bonds is 5. The first-order valence-corrected chi connectivity index (χ1v) is 7.47. The molecule has 7 heteroatoms. The molecule has 0 saturated carbocycles. The van der Waals surface area contributed by atoms with E-state index in [9.17, 15) is 4.79 Å². The van der Waals surface area contributed by atoms with Gasteiger partial charge in [0.2, 0.25) is 5.91 Å². The molecule has 0 bridgehead atoms. The molecule has 0 aliphatic heterocycles. The van der Waals surface area contributed by atoms with Crippen LogP contribution < -0.4 is 11.1 Å². The molecule has 120 valence electrons. The highest BCUT2D eigenvalue weighted by Crippen LogP contribution is 2.27. The Hall–Kier alpha value is -1.47. The second kappa shape index (κ2) is 8.24. The van der Waals surface area contributed by atoms with Gasteiger partial charge in [-0.1, -0.05) is 23.8 Å². The van der Waals surface area contributed by atoms with Gasteiger partial charge < -0.3 is 15.8 Å². The molecule has 1 heterocycles. The van der Waals surface area contributed by atoms with Crippen molar-refractivity contribution in [2.24, 2.45) is 5.73 Å². The smallest absolute Gasteiger partial charge is 0.245 e. The highest BCUT2D eigenvalue weighted by molar-refractivity contribution is 7.14. The molecule has 3 N–H and O–H groups in total. The fourth-order valence-electron chi connectivity index (χ4n) is 2.01. The number of ether oxygens (including phenoxy) is 1. The van der Waals surface area contributed by atoms with Crippen molar-refractivity contribution in [1.29, 1.82) is 0 Å². The number of halogens is 1. The largest absolute Gasteiger partial charge is 0.383 e. The quantitative estimate of drug-likeness (QED) is 0.876. The number of hydrogen-bond donors (Lipinski definition) is 2. The number of thiazole rings is 1. The zero-order chi connectivity index (χ0) is 15.4. The Labute approximate surface area is 140 Å². The molecule has 0 saturated heterocycles. The summed E-state index contributed by atoms with van der Waals surface area (Å²) < 4.78 is 4.86. The van der Waals surface area contributed by atoms with Gasteiger partial charge in [-0.2, -0.15) is 0 Å². The minimum Gasteiger partial charge on any atom is -0.383 e. The van der Waals surface area contributed by atoms with Crippen molar-refractivity contribution in [1.82, 2.24) is 4.98 Å². The maximum atomic E-state index is 11.8. The third-order valence-corrected chi connectivity index (χ3v) is 3.83. The van der Waals surface area contributed by atoms with Crippen molar-refractivity contribution in [3.63, 3.8) is 0 Å². The van der Waals surface area contributed by atoms with Gasteiger partial charge in [-0.05, 0) is 19.4 Å². The summed E-state index contributed by atoms with van der Waals surface area (Å²) in [6, 6.07) is 5.51. The summed E-state index contributed by atoms with van der Waals surface area (Å²) in [5.74, 6) is -0.293. The van der Waals surface area contributed by atoms with Crippen LogP contribution in [0.25, 0.3) is 11.3 Å². The van der Waals surface area contributed by atoms with Gasteiger partial charge in [-0.15, -0.1) is 23.7 Å². The maximum Gasteiger partial charge on any atom is 0.245 e. The summed E-state index contributed by atoms with van der Waals surface area (Å²) in [7, 11) is 1.51. The lowest BCUT2D eigenvalue weighted by atomic mass is 10.0. The van der Waals surface area contributed by atoms with E-state index in [0.29, 0.717) is 5.13 Å². The molecule has 2 aromatic rings. The molecular formula is C15H20ClN3O2S. The van der Waals surface area contributed by atoms with Gasteiger partial charge in [-0.25, -0.2) is 4.98 Å². The number of carbonyl (C=O) groups is 1. The average molecular weight is 342 g/mol. The van der Waals surface area contributed by atoms with Crippen LogP contribution >= 0.6 is 23.7 Å². The van der Waals surface area contributed by atoms with Crippen LogP contribution in [0.3, 0.4) is 0 Å². The molecule has 0 radical (unpaired) electrons. The van der Waals surface area contributed by atoms with Crippen LogP contribution in [0, 0.1) is 13.8 Å². The van der Waals surface area contributed by atoms with E-state index in [1.54, 1.807) is 0 Å². The van der Waals surface area contributed by atoms with E-state index >= 15 is 0 Å². The molecule has 0 spiro atoms. The Morgan fingerprint density at radius 1 is 1.45 bits per heavy atom. The van der Waals surface area contributed by atoms with Gasteiger partial charge in [0.1, 0.15) is 6.04 Å². The Morgan fingerprint density at radius 2 is 2.18 bits per heavy atom. The van der Waals surface area contributed by atoms with Gasteiger partial charge in [-0.3, -0.25) is 4.79 Å². The Bertz CT molecular complexity index is 645. The minimum absolute atomic E-state index is 0. The fraction of sp³-hybridized carbons (Fsp3) is 0.333. The van der Waals surface area contributed by atoms with Crippen LogP contribution in [-0.4, -0.2) is 30.6 Å². The zero-order valence-electron chi connectivity index (χ0n) is 12.8. The number of hydrogen-bond acceptors (Lipinski definition) is 5. The normalized spacial score (nSPS) is 11.6. The second-order valence-electron chi connectivity index (χ2n) is 4.91. The number of benzene rings is 1. The first-order chi connectivity index (χ1) is 10.0. The van der Waals surface area contributed by atoms with E-state index in [0.717, 1.165) is 16.8 Å². The minimum atomic E-state index is -0.691. The summed E-state index contributed by atoms with van der Waals surface area (Å²) in [6.07, 6.45) is 0. The van der Waals surface area contributed by atoms with Crippen LogP contribution in [0.4, 0.5) is 5.13 Å². The summed E-state index contributed by atoms with van der Waals surface area (Å²) in [5, 5.41) is 5.18. The van der Waals surface area contributed by atoms with E-state index in [-0.39, 0.29) is 24.9 Å². The summed E-state index contributed by atoms with van der Waals surface area (Å²) in [6.45, 7) is 4.29. The molecule has 1 amide bonds. The standard InChI is InChI=1S/C15H19N3O2S.ClH/c1-9-4-5-11(10(2)6-9)13-8-21-15(17-13)18-14(19)12(16)7-20-3;/h4-6,8,12H,7,16H2,1-3H3,(H,17,18,19);1H. The summed E-state index contributed by atoms with van der Waals surface area (Å²) >= 11 is 1.38. The van der Waals surface area contributed by atoms with Crippen molar-refractivity contribution >= 4 is 34.8 Å². The van der Waals surface area contributed by atoms with Gasteiger partial charge >= 0.3 is 0 Å². The predicted molar refractivity (Wildman–Crippen MR) is 92.8 cm³/mol. The predicted octanol–water partition coefficient (Wildman–Crippen LogP) is 2.76. The van der Waals surface area contributed by atoms with Gasteiger partial charge in [0.05, 0.1) is 12.3 Å². The second-order valence-corrected chi connectivity index (χ2v) is 5.77. The van der Waals surface area contributed by atoms with Crippen LogP contribution in [0.2, 0.25) is 0 Å². The molecule has 5 nitrogen and oxygen atoms in total. The summed E-state index contributed by atoms with van der Waals surface area (Å²) in [4.78, 5) is 16.3. The molecule has 1 atom stereocenters. The van der Waals surface area contributed by atoms with Crippen LogP contribution in [-0.2, 0) is 9.53 Å².